The molecule has 1 heterocycles. The molecule has 0 aliphatic rings. The molecule has 0 saturated carbocycles. The summed E-state index contributed by atoms with van der Waals surface area (Å²) in [4.78, 5) is 16.5. The first-order valence-corrected chi connectivity index (χ1v) is 7.77. The van der Waals surface area contributed by atoms with Crippen LogP contribution in [0.15, 0.2) is 51.7 Å². The normalized spacial score (nSPS) is 10.9. The molecule has 0 saturated heterocycles. The number of aliphatic hydroxyl groups excluding tert-OH is 1. The minimum atomic E-state index is -0.382. The van der Waals surface area contributed by atoms with E-state index in [0.717, 1.165) is 15.2 Å². The van der Waals surface area contributed by atoms with Gasteiger partial charge in [0.2, 0.25) is 0 Å². The van der Waals surface area contributed by atoms with Crippen LogP contribution in [0.2, 0.25) is 0 Å². The van der Waals surface area contributed by atoms with Gasteiger partial charge in [0, 0.05) is 4.90 Å². The summed E-state index contributed by atoms with van der Waals surface area (Å²) >= 11 is 2.71. The number of nitrogens with zero attached hydrogens (tertiary/aromatic N) is 2. The molecule has 0 fully saturated rings. The van der Waals surface area contributed by atoms with Gasteiger partial charge in [0.15, 0.2) is 5.52 Å². The number of thiazole rings is 1. The summed E-state index contributed by atoms with van der Waals surface area (Å²) in [5.41, 5.74) is 2.90. The van der Waals surface area contributed by atoms with Crippen molar-refractivity contribution in [1.29, 1.82) is 0 Å². The third-order valence-corrected chi connectivity index (χ3v) is 4.81. The molecule has 0 bridgehead atoms. The number of benzene rings is 2. The maximum Gasteiger partial charge on any atom is 0.310 e. The number of aromatic nitrogens is 1. The van der Waals surface area contributed by atoms with Gasteiger partial charge >= 0.3 is 5.69 Å². The third kappa shape index (κ3) is 2.76. The zero-order valence-corrected chi connectivity index (χ0v) is 12.4. The van der Waals surface area contributed by atoms with Gasteiger partial charge in [-0.15, -0.1) is 11.3 Å². The van der Waals surface area contributed by atoms with Gasteiger partial charge in [-0.2, -0.15) is 0 Å². The second kappa shape index (κ2) is 5.80. The van der Waals surface area contributed by atoms with Crippen LogP contribution in [0.25, 0.3) is 10.2 Å². The standard InChI is InChI=1S/C14H10N2O3S2/c17-7-9-1-3-10(4-2-9)21-12-6-5-11-13(15-8-20-11)14(12)16(18)19/h1-6,8,17H,7H2. The van der Waals surface area contributed by atoms with E-state index in [1.807, 2.05) is 18.2 Å². The predicted octanol–water partition coefficient (Wildman–Crippen LogP) is 3.85. The van der Waals surface area contributed by atoms with Crippen molar-refractivity contribution in [2.75, 3.05) is 0 Å². The molecule has 21 heavy (non-hydrogen) atoms. The molecule has 0 atom stereocenters. The Labute approximate surface area is 128 Å². The number of hydrogen-bond acceptors (Lipinski definition) is 6. The molecule has 0 spiro atoms. The number of rotatable bonds is 4. The maximum atomic E-state index is 11.3. The molecule has 1 N–H and O–H groups in total. The number of hydrogen-bond donors (Lipinski definition) is 1. The van der Waals surface area contributed by atoms with E-state index in [2.05, 4.69) is 4.98 Å². The molecular formula is C14H10N2O3S2. The minimum absolute atomic E-state index is 0.0180. The van der Waals surface area contributed by atoms with Crippen molar-refractivity contribution in [3.63, 3.8) is 0 Å². The highest BCUT2D eigenvalue weighted by atomic mass is 32.2. The smallest absolute Gasteiger partial charge is 0.310 e. The summed E-state index contributed by atoms with van der Waals surface area (Å²) in [6, 6.07) is 10.9. The molecule has 0 unspecified atom stereocenters. The fourth-order valence-corrected chi connectivity index (χ4v) is 3.56. The molecule has 2 aromatic carbocycles. The van der Waals surface area contributed by atoms with Gasteiger partial charge in [0.05, 0.1) is 26.6 Å². The lowest BCUT2D eigenvalue weighted by molar-refractivity contribution is -0.386. The average molecular weight is 318 g/mol. The first-order chi connectivity index (χ1) is 10.2. The Morgan fingerprint density at radius 1 is 1.24 bits per heavy atom. The topological polar surface area (TPSA) is 76.3 Å². The molecule has 0 amide bonds. The molecule has 3 aromatic rings. The first-order valence-electron chi connectivity index (χ1n) is 6.07. The summed E-state index contributed by atoms with van der Waals surface area (Å²) in [5, 5.41) is 20.4. The summed E-state index contributed by atoms with van der Waals surface area (Å²) in [7, 11) is 0. The van der Waals surface area contributed by atoms with E-state index < -0.39 is 0 Å². The number of fused-ring (bicyclic) bond motifs is 1. The van der Waals surface area contributed by atoms with Gasteiger partial charge in [-0.05, 0) is 29.8 Å². The van der Waals surface area contributed by atoms with Crippen molar-refractivity contribution in [3.05, 3.63) is 57.6 Å². The predicted molar refractivity (Wildman–Crippen MR) is 82.8 cm³/mol. The summed E-state index contributed by atoms with van der Waals surface area (Å²) in [6.07, 6.45) is 0. The minimum Gasteiger partial charge on any atom is -0.392 e. The SMILES string of the molecule is O=[N+]([O-])c1c(Sc2ccc(CO)cc2)ccc2scnc12. The Morgan fingerprint density at radius 3 is 2.67 bits per heavy atom. The molecule has 3 rings (SSSR count). The third-order valence-electron chi connectivity index (χ3n) is 2.95. The highest BCUT2D eigenvalue weighted by molar-refractivity contribution is 7.99. The van der Waals surface area contributed by atoms with Crippen LogP contribution in [0, 0.1) is 10.1 Å². The van der Waals surface area contributed by atoms with Crippen molar-refractivity contribution < 1.29 is 10.0 Å². The van der Waals surface area contributed by atoms with Crippen LogP contribution in [-0.4, -0.2) is 15.0 Å². The van der Waals surface area contributed by atoms with Gasteiger partial charge in [0.1, 0.15) is 0 Å². The van der Waals surface area contributed by atoms with Crippen molar-refractivity contribution >= 4 is 39.0 Å². The number of nitro groups is 1. The van der Waals surface area contributed by atoms with Crippen LogP contribution in [0.5, 0.6) is 0 Å². The van der Waals surface area contributed by atoms with Crippen molar-refractivity contribution in [2.24, 2.45) is 0 Å². The van der Waals surface area contributed by atoms with E-state index in [1.165, 1.54) is 23.1 Å². The highest BCUT2D eigenvalue weighted by Crippen LogP contribution is 2.39. The van der Waals surface area contributed by atoms with Crippen LogP contribution in [0.4, 0.5) is 5.69 Å². The molecular weight excluding hydrogens is 308 g/mol. The molecule has 106 valence electrons. The van der Waals surface area contributed by atoms with Crippen LogP contribution < -0.4 is 0 Å². The fraction of sp³-hybridized carbons (Fsp3) is 0.0714. The maximum absolute atomic E-state index is 11.3. The van der Waals surface area contributed by atoms with Crippen LogP contribution in [0.1, 0.15) is 5.56 Å². The monoisotopic (exact) mass is 318 g/mol. The number of nitro benzene ring substituents is 1. The van der Waals surface area contributed by atoms with E-state index in [0.29, 0.717) is 10.4 Å². The lowest BCUT2D eigenvalue weighted by Crippen LogP contribution is -1.92. The van der Waals surface area contributed by atoms with E-state index in [-0.39, 0.29) is 17.2 Å². The van der Waals surface area contributed by atoms with Crippen LogP contribution in [0.3, 0.4) is 0 Å². The second-order valence-electron chi connectivity index (χ2n) is 4.27. The van der Waals surface area contributed by atoms with Gasteiger partial charge < -0.3 is 5.11 Å². The van der Waals surface area contributed by atoms with E-state index in [4.69, 9.17) is 5.11 Å². The van der Waals surface area contributed by atoms with Gasteiger partial charge in [-0.25, -0.2) is 4.98 Å². The summed E-state index contributed by atoms with van der Waals surface area (Å²) < 4.78 is 0.807. The Balaban J connectivity index is 2.02. The lowest BCUT2D eigenvalue weighted by Gasteiger charge is -2.04. The second-order valence-corrected chi connectivity index (χ2v) is 6.27. The van der Waals surface area contributed by atoms with E-state index >= 15 is 0 Å². The Hall–Kier alpha value is -1.96. The van der Waals surface area contributed by atoms with Crippen LogP contribution >= 0.6 is 23.1 Å². The number of aliphatic hydroxyl groups is 1. The quantitative estimate of drug-likeness (QED) is 0.584. The Morgan fingerprint density at radius 2 is 2.00 bits per heavy atom. The van der Waals surface area contributed by atoms with Gasteiger partial charge in [0.25, 0.3) is 0 Å². The summed E-state index contributed by atoms with van der Waals surface area (Å²) in [5.74, 6) is 0. The first kappa shape index (κ1) is 14.0. The zero-order valence-electron chi connectivity index (χ0n) is 10.7. The van der Waals surface area contributed by atoms with Crippen LogP contribution in [-0.2, 0) is 6.61 Å². The molecule has 0 radical (unpaired) electrons. The molecule has 1 aromatic heterocycles. The Kier molecular flexibility index (Phi) is 3.87. The molecule has 0 aliphatic heterocycles. The Bertz CT molecular complexity index is 800. The molecule has 0 aliphatic carbocycles. The molecule has 5 nitrogen and oxygen atoms in total. The van der Waals surface area contributed by atoms with E-state index in [9.17, 15) is 10.1 Å². The van der Waals surface area contributed by atoms with Gasteiger partial charge in [-0.1, -0.05) is 23.9 Å². The lowest BCUT2D eigenvalue weighted by atomic mass is 10.2. The zero-order chi connectivity index (χ0) is 14.8. The highest BCUT2D eigenvalue weighted by Gasteiger charge is 2.21. The van der Waals surface area contributed by atoms with Crippen molar-refractivity contribution in [2.45, 2.75) is 16.4 Å². The average Bonchev–Trinajstić information content (AvgIpc) is 2.95. The fourth-order valence-electron chi connectivity index (χ4n) is 1.95. The van der Waals surface area contributed by atoms with Crippen molar-refractivity contribution in [1.82, 2.24) is 4.98 Å². The van der Waals surface area contributed by atoms with Crippen molar-refractivity contribution in [3.8, 4) is 0 Å². The van der Waals surface area contributed by atoms with Gasteiger partial charge in [-0.3, -0.25) is 10.1 Å². The summed E-state index contributed by atoms with van der Waals surface area (Å²) in [6.45, 7) is -0.0180. The molecule has 7 heteroatoms. The largest absolute Gasteiger partial charge is 0.392 e. The van der Waals surface area contributed by atoms with E-state index in [1.54, 1.807) is 23.7 Å².